The average Bonchev–Trinajstić information content (AvgIpc) is 3.34. The van der Waals surface area contributed by atoms with Gasteiger partial charge in [0.2, 0.25) is 11.8 Å². The molecule has 4 rings (SSSR count). The van der Waals surface area contributed by atoms with Crippen molar-refractivity contribution < 1.29 is 14.1 Å². The Morgan fingerprint density at radius 1 is 1.41 bits per heavy atom. The summed E-state index contributed by atoms with van der Waals surface area (Å²) in [6.45, 7) is 3.86. The van der Waals surface area contributed by atoms with Crippen LogP contribution in [0, 0.1) is 6.92 Å². The number of nitrogens with one attached hydrogen (secondary N) is 1. The number of para-hydroxylation sites is 1. The van der Waals surface area contributed by atoms with E-state index in [1.54, 1.807) is 19.1 Å². The Balaban J connectivity index is 1.43. The second-order valence-electron chi connectivity index (χ2n) is 6.80. The molecule has 152 valence electrons. The summed E-state index contributed by atoms with van der Waals surface area (Å²) in [4.78, 5) is 12.5. The van der Waals surface area contributed by atoms with Crippen molar-refractivity contribution in [3.05, 3.63) is 46.9 Å². The number of ether oxygens (including phenoxy) is 1. The molecule has 8 nitrogen and oxygen atoms in total. The first-order valence-corrected chi connectivity index (χ1v) is 10.5. The number of rotatable bonds is 8. The molecule has 0 spiro atoms. The first-order valence-electron chi connectivity index (χ1n) is 9.23. The summed E-state index contributed by atoms with van der Waals surface area (Å²) >= 11 is 7.51. The van der Waals surface area contributed by atoms with E-state index in [1.807, 2.05) is 25.1 Å². The van der Waals surface area contributed by atoms with E-state index in [9.17, 15) is 4.79 Å². The van der Waals surface area contributed by atoms with Crippen LogP contribution in [0.15, 0.2) is 40.0 Å². The van der Waals surface area contributed by atoms with Crippen molar-refractivity contribution in [3.8, 4) is 5.75 Å². The van der Waals surface area contributed by atoms with Crippen molar-refractivity contribution in [1.29, 1.82) is 0 Å². The fourth-order valence-corrected chi connectivity index (χ4v) is 3.88. The minimum atomic E-state index is -0.389. The summed E-state index contributed by atoms with van der Waals surface area (Å²) < 4.78 is 12.9. The van der Waals surface area contributed by atoms with Crippen molar-refractivity contribution in [2.24, 2.45) is 0 Å². The molecule has 1 amide bonds. The number of thioether (sulfide) groups is 1. The SMILES string of the molecule is Cc1cc(NC(=O)[C@H](C)Sc2nnc(COc3ccccc3Cl)n2C2CC2)on1. The molecule has 1 aliphatic carbocycles. The molecule has 0 unspecified atom stereocenters. The highest BCUT2D eigenvalue weighted by molar-refractivity contribution is 8.00. The Morgan fingerprint density at radius 2 is 2.21 bits per heavy atom. The van der Waals surface area contributed by atoms with Crippen LogP contribution in [0.25, 0.3) is 0 Å². The van der Waals surface area contributed by atoms with E-state index < -0.39 is 0 Å². The minimum Gasteiger partial charge on any atom is -0.484 e. The number of halogens is 1. The summed E-state index contributed by atoms with van der Waals surface area (Å²) in [7, 11) is 0. The van der Waals surface area contributed by atoms with Crippen molar-refractivity contribution in [1.82, 2.24) is 19.9 Å². The molecule has 1 saturated carbocycles. The number of amides is 1. The normalized spacial score (nSPS) is 14.6. The molecule has 10 heteroatoms. The third-order valence-electron chi connectivity index (χ3n) is 4.37. The van der Waals surface area contributed by atoms with Gasteiger partial charge in [-0.3, -0.25) is 14.7 Å². The van der Waals surface area contributed by atoms with Gasteiger partial charge in [-0.15, -0.1) is 10.2 Å². The Morgan fingerprint density at radius 3 is 2.90 bits per heavy atom. The Hall–Kier alpha value is -2.52. The number of nitrogens with zero attached hydrogens (tertiary/aromatic N) is 4. The first-order chi connectivity index (χ1) is 14.0. The molecule has 0 aliphatic heterocycles. The number of hydrogen-bond acceptors (Lipinski definition) is 7. The second kappa shape index (κ2) is 8.46. The Bertz CT molecular complexity index is 1020. The maximum atomic E-state index is 12.5. The standard InChI is InChI=1S/C19H20ClN5O3S/c1-11-9-17(28-24-11)21-18(26)12(2)29-19-23-22-16(25(19)13-7-8-13)10-27-15-6-4-3-5-14(15)20/h3-6,9,12-13H,7-8,10H2,1-2H3,(H,21,26)/t12-/m0/s1. The molecular weight excluding hydrogens is 414 g/mol. The van der Waals surface area contributed by atoms with E-state index >= 15 is 0 Å². The number of carbonyl (C=O) groups excluding carboxylic acids is 1. The van der Waals surface area contributed by atoms with Gasteiger partial charge in [0.1, 0.15) is 12.4 Å². The first kappa shape index (κ1) is 19.8. The lowest BCUT2D eigenvalue weighted by Crippen LogP contribution is -2.22. The minimum absolute atomic E-state index is 0.189. The molecule has 0 bridgehead atoms. The number of hydrogen-bond donors (Lipinski definition) is 1. The molecule has 2 heterocycles. The van der Waals surface area contributed by atoms with Gasteiger partial charge in [-0.25, -0.2) is 0 Å². The lowest BCUT2D eigenvalue weighted by molar-refractivity contribution is -0.115. The van der Waals surface area contributed by atoms with Gasteiger partial charge in [-0.1, -0.05) is 40.7 Å². The highest BCUT2D eigenvalue weighted by atomic mass is 35.5. The molecule has 29 heavy (non-hydrogen) atoms. The van der Waals surface area contributed by atoms with Crippen molar-refractivity contribution >= 4 is 35.2 Å². The van der Waals surface area contributed by atoms with Crippen LogP contribution < -0.4 is 10.1 Å². The number of anilines is 1. The number of aromatic nitrogens is 4. The van der Waals surface area contributed by atoms with E-state index in [0.29, 0.717) is 39.4 Å². The predicted molar refractivity (Wildman–Crippen MR) is 109 cm³/mol. The van der Waals surface area contributed by atoms with Crippen LogP contribution in [0.1, 0.15) is 37.3 Å². The Labute approximate surface area is 177 Å². The summed E-state index contributed by atoms with van der Waals surface area (Å²) in [5, 5.41) is 15.9. The molecule has 1 aliphatic rings. The number of carbonyl (C=O) groups is 1. The molecule has 0 saturated heterocycles. The molecule has 0 radical (unpaired) electrons. The highest BCUT2D eigenvalue weighted by Crippen LogP contribution is 2.40. The third-order valence-corrected chi connectivity index (χ3v) is 5.74. The zero-order chi connectivity index (χ0) is 20.4. The van der Waals surface area contributed by atoms with E-state index in [2.05, 4.69) is 25.2 Å². The fourth-order valence-electron chi connectivity index (χ4n) is 2.75. The number of aryl methyl sites for hydroxylation is 1. The van der Waals surface area contributed by atoms with Gasteiger partial charge in [0, 0.05) is 12.1 Å². The largest absolute Gasteiger partial charge is 0.484 e. The zero-order valence-electron chi connectivity index (χ0n) is 16.0. The van der Waals surface area contributed by atoms with E-state index in [-0.39, 0.29) is 17.8 Å². The molecular formula is C19H20ClN5O3S. The van der Waals surface area contributed by atoms with Gasteiger partial charge in [0.15, 0.2) is 11.0 Å². The van der Waals surface area contributed by atoms with Gasteiger partial charge in [0.25, 0.3) is 0 Å². The van der Waals surface area contributed by atoms with Gasteiger partial charge in [-0.2, -0.15) is 0 Å². The van der Waals surface area contributed by atoms with Crippen LogP contribution in [0.2, 0.25) is 5.02 Å². The molecule has 1 aromatic carbocycles. The van der Waals surface area contributed by atoms with E-state index in [0.717, 1.165) is 12.8 Å². The molecule has 3 aromatic rings. The van der Waals surface area contributed by atoms with Gasteiger partial charge < -0.3 is 9.26 Å². The van der Waals surface area contributed by atoms with Crippen LogP contribution in [-0.2, 0) is 11.4 Å². The molecule has 2 aromatic heterocycles. The Kier molecular flexibility index (Phi) is 5.77. The van der Waals surface area contributed by atoms with E-state index in [1.165, 1.54) is 11.8 Å². The lowest BCUT2D eigenvalue weighted by atomic mass is 10.3. The van der Waals surface area contributed by atoms with E-state index in [4.69, 9.17) is 20.9 Å². The van der Waals surface area contributed by atoms with Crippen LogP contribution in [-0.4, -0.2) is 31.1 Å². The average molecular weight is 434 g/mol. The molecule has 1 N–H and O–H groups in total. The summed E-state index contributed by atoms with van der Waals surface area (Å²) in [6.07, 6.45) is 2.12. The maximum Gasteiger partial charge on any atom is 0.240 e. The van der Waals surface area contributed by atoms with Gasteiger partial charge >= 0.3 is 0 Å². The third kappa shape index (κ3) is 4.73. The maximum absolute atomic E-state index is 12.5. The molecule has 1 fully saturated rings. The van der Waals surface area contributed by atoms with Crippen LogP contribution in [0.5, 0.6) is 5.75 Å². The second-order valence-corrected chi connectivity index (χ2v) is 8.52. The predicted octanol–water partition coefficient (Wildman–Crippen LogP) is 4.26. The van der Waals surface area contributed by atoms with Crippen LogP contribution in [0.4, 0.5) is 5.88 Å². The summed E-state index contributed by atoms with van der Waals surface area (Å²) in [6, 6.07) is 9.32. The topological polar surface area (TPSA) is 95.1 Å². The van der Waals surface area contributed by atoms with Gasteiger partial charge in [-0.05, 0) is 38.8 Å². The summed E-state index contributed by atoms with van der Waals surface area (Å²) in [5.41, 5.74) is 0.706. The van der Waals surface area contributed by atoms with Crippen molar-refractivity contribution in [2.45, 2.75) is 49.7 Å². The van der Waals surface area contributed by atoms with Crippen molar-refractivity contribution in [3.63, 3.8) is 0 Å². The van der Waals surface area contributed by atoms with Gasteiger partial charge in [0.05, 0.1) is 16.0 Å². The lowest BCUT2D eigenvalue weighted by Gasteiger charge is -2.13. The highest BCUT2D eigenvalue weighted by Gasteiger charge is 2.31. The quantitative estimate of drug-likeness (QED) is 0.530. The summed E-state index contributed by atoms with van der Waals surface area (Å²) in [5.74, 6) is 1.46. The van der Waals surface area contributed by atoms with Crippen LogP contribution >= 0.6 is 23.4 Å². The number of benzene rings is 1. The fraction of sp³-hybridized carbons (Fsp3) is 0.368. The van der Waals surface area contributed by atoms with Crippen molar-refractivity contribution in [2.75, 3.05) is 5.32 Å². The smallest absolute Gasteiger partial charge is 0.240 e. The van der Waals surface area contributed by atoms with Crippen LogP contribution in [0.3, 0.4) is 0 Å². The monoisotopic (exact) mass is 433 g/mol. The zero-order valence-corrected chi connectivity index (χ0v) is 17.5. The molecule has 1 atom stereocenters.